The van der Waals surface area contributed by atoms with Gasteiger partial charge in [0.25, 0.3) is 5.91 Å². The molecule has 0 radical (unpaired) electrons. The maximum Gasteiger partial charge on any atom is 0.264 e. The summed E-state index contributed by atoms with van der Waals surface area (Å²) in [4.78, 5) is 17.0. The number of anilines is 1. The Kier molecular flexibility index (Phi) is 8.28. The van der Waals surface area contributed by atoms with E-state index in [1.807, 2.05) is 36.4 Å². The first-order valence-electron chi connectivity index (χ1n) is 11.3. The molecule has 0 saturated carbocycles. The molecule has 1 heterocycles. The van der Waals surface area contributed by atoms with Crippen molar-refractivity contribution in [2.75, 3.05) is 31.1 Å². The molecule has 0 unspecified atom stereocenters. The molecule has 0 atom stereocenters. The summed E-state index contributed by atoms with van der Waals surface area (Å²) in [6.07, 6.45) is 1.54. The van der Waals surface area contributed by atoms with Crippen LogP contribution in [-0.4, -0.2) is 37.0 Å². The Morgan fingerprint density at radius 3 is 2.39 bits per heavy atom. The van der Waals surface area contributed by atoms with Gasteiger partial charge in [0.15, 0.2) is 5.75 Å². The molecule has 1 saturated heterocycles. The number of piperazine rings is 1. The monoisotopic (exact) mass is 560 g/mol. The van der Waals surface area contributed by atoms with E-state index in [1.54, 1.807) is 29.2 Å². The summed E-state index contributed by atoms with van der Waals surface area (Å²) < 4.78 is 6.46. The van der Waals surface area contributed by atoms with Crippen molar-refractivity contribution in [3.05, 3.63) is 98.5 Å². The molecule has 1 aliphatic heterocycles. The molecule has 0 aliphatic carbocycles. The van der Waals surface area contributed by atoms with Crippen LogP contribution in [0, 0.1) is 22.7 Å². The minimum absolute atomic E-state index is 0.0442. The topological polar surface area (TPSA) is 80.4 Å². The number of hydrogen-bond acceptors (Lipinski definition) is 5. The van der Waals surface area contributed by atoms with Crippen molar-refractivity contribution in [2.24, 2.45) is 0 Å². The van der Waals surface area contributed by atoms with Crippen molar-refractivity contribution in [1.82, 2.24) is 4.90 Å². The van der Waals surface area contributed by atoms with E-state index in [4.69, 9.17) is 16.3 Å². The average molecular weight is 562 g/mol. The van der Waals surface area contributed by atoms with Crippen molar-refractivity contribution in [3.63, 3.8) is 0 Å². The van der Waals surface area contributed by atoms with E-state index in [2.05, 4.69) is 39.0 Å². The molecule has 4 rings (SSSR count). The van der Waals surface area contributed by atoms with Crippen LogP contribution in [0.3, 0.4) is 0 Å². The first-order chi connectivity index (χ1) is 17.5. The van der Waals surface area contributed by atoms with Gasteiger partial charge in [0, 0.05) is 37.4 Å². The lowest BCUT2D eigenvalue weighted by Crippen LogP contribution is -2.49. The number of carbonyl (C=O) groups is 1. The molecule has 0 N–H and O–H groups in total. The highest BCUT2D eigenvalue weighted by atomic mass is 79.9. The number of ether oxygens (including phenoxy) is 1. The lowest BCUT2D eigenvalue weighted by atomic mass is 10.1. The number of carbonyl (C=O) groups excluding carboxylic acids is 1. The first kappa shape index (κ1) is 25.3. The normalized spacial score (nSPS) is 13.6. The summed E-state index contributed by atoms with van der Waals surface area (Å²) >= 11 is 9.94. The minimum atomic E-state index is -0.300. The SMILES string of the molecule is N#C/C(=C/c1cc(Cl)c(OCc2ccccc2C#N)c(Br)c1)C(=O)N1CCN(c2ccccc2)CC1. The number of benzene rings is 3. The lowest BCUT2D eigenvalue weighted by Gasteiger charge is -2.36. The van der Waals surface area contributed by atoms with Crippen LogP contribution in [0.5, 0.6) is 5.75 Å². The van der Waals surface area contributed by atoms with Crippen molar-refractivity contribution in [1.29, 1.82) is 10.5 Å². The van der Waals surface area contributed by atoms with Gasteiger partial charge in [-0.15, -0.1) is 0 Å². The van der Waals surface area contributed by atoms with Gasteiger partial charge < -0.3 is 14.5 Å². The van der Waals surface area contributed by atoms with E-state index in [0.29, 0.717) is 52.6 Å². The summed E-state index contributed by atoms with van der Waals surface area (Å²) in [5.41, 5.74) is 3.05. The third-order valence-electron chi connectivity index (χ3n) is 5.88. The van der Waals surface area contributed by atoms with Crippen LogP contribution in [0.15, 0.2) is 76.8 Å². The van der Waals surface area contributed by atoms with Gasteiger partial charge in [-0.2, -0.15) is 10.5 Å². The molecule has 0 bridgehead atoms. The molecule has 3 aromatic carbocycles. The molecule has 36 heavy (non-hydrogen) atoms. The van der Waals surface area contributed by atoms with E-state index in [-0.39, 0.29) is 18.1 Å². The molecular formula is C28H22BrClN4O2. The molecule has 1 amide bonds. The standard InChI is InChI=1S/C28H22BrClN4O2/c29-25-15-20(16-26(30)27(25)36-19-22-7-5-4-6-21(22)17-31)14-23(18-32)28(35)34-12-10-33(11-13-34)24-8-2-1-3-9-24/h1-9,14-16H,10-13,19H2/b23-14-. The zero-order chi connectivity index (χ0) is 25.5. The molecule has 180 valence electrons. The van der Waals surface area contributed by atoms with Crippen LogP contribution in [0.25, 0.3) is 6.08 Å². The van der Waals surface area contributed by atoms with E-state index in [0.717, 1.165) is 11.3 Å². The van der Waals surface area contributed by atoms with Crippen LogP contribution in [0.1, 0.15) is 16.7 Å². The van der Waals surface area contributed by atoms with E-state index >= 15 is 0 Å². The van der Waals surface area contributed by atoms with E-state index in [9.17, 15) is 15.3 Å². The Labute approximate surface area is 223 Å². The summed E-state index contributed by atoms with van der Waals surface area (Å²) in [5.74, 6) is 0.120. The summed E-state index contributed by atoms with van der Waals surface area (Å²) in [5, 5.41) is 19.3. The Bertz CT molecular complexity index is 1350. The molecule has 1 fully saturated rings. The smallest absolute Gasteiger partial charge is 0.264 e. The maximum atomic E-state index is 13.1. The van der Waals surface area contributed by atoms with Crippen molar-refractivity contribution in [2.45, 2.75) is 6.61 Å². The quantitative estimate of drug-likeness (QED) is 0.280. The molecule has 0 spiro atoms. The Balaban J connectivity index is 1.45. The second-order valence-corrected chi connectivity index (χ2v) is 9.42. The van der Waals surface area contributed by atoms with Crippen LogP contribution in [0.4, 0.5) is 5.69 Å². The fourth-order valence-corrected chi connectivity index (χ4v) is 4.98. The Morgan fingerprint density at radius 1 is 1.03 bits per heavy atom. The fraction of sp³-hybridized carbons (Fsp3) is 0.179. The average Bonchev–Trinajstić information content (AvgIpc) is 2.91. The third-order valence-corrected chi connectivity index (χ3v) is 6.75. The second-order valence-electron chi connectivity index (χ2n) is 8.16. The predicted molar refractivity (Wildman–Crippen MR) is 143 cm³/mol. The van der Waals surface area contributed by atoms with Gasteiger partial charge >= 0.3 is 0 Å². The predicted octanol–water partition coefficient (Wildman–Crippen LogP) is 5.81. The van der Waals surface area contributed by atoms with Crippen LogP contribution in [0.2, 0.25) is 5.02 Å². The second kappa shape index (κ2) is 11.8. The molecule has 1 aliphatic rings. The highest BCUT2D eigenvalue weighted by molar-refractivity contribution is 9.10. The van der Waals surface area contributed by atoms with Crippen molar-refractivity contribution < 1.29 is 9.53 Å². The molecule has 6 nitrogen and oxygen atoms in total. The van der Waals surface area contributed by atoms with Gasteiger partial charge in [-0.25, -0.2) is 0 Å². The Morgan fingerprint density at radius 2 is 1.72 bits per heavy atom. The molecule has 8 heteroatoms. The number of para-hydroxylation sites is 1. The molecule has 0 aromatic heterocycles. The fourth-order valence-electron chi connectivity index (χ4n) is 3.99. The van der Waals surface area contributed by atoms with Gasteiger partial charge in [0.1, 0.15) is 18.2 Å². The van der Waals surface area contributed by atoms with E-state index in [1.165, 1.54) is 6.08 Å². The van der Waals surface area contributed by atoms with Gasteiger partial charge in [0.05, 0.1) is 21.1 Å². The zero-order valence-corrected chi connectivity index (χ0v) is 21.7. The van der Waals surface area contributed by atoms with Crippen LogP contribution >= 0.6 is 27.5 Å². The number of halogens is 2. The largest absolute Gasteiger partial charge is 0.486 e. The number of amides is 1. The molecule has 3 aromatic rings. The van der Waals surface area contributed by atoms with Crippen LogP contribution < -0.4 is 9.64 Å². The van der Waals surface area contributed by atoms with Crippen molar-refractivity contribution >= 4 is 45.2 Å². The number of nitriles is 2. The lowest BCUT2D eigenvalue weighted by molar-refractivity contribution is -0.126. The maximum absolute atomic E-state index is 13.1. The van der Waals surface area contributed by atoms with Gasteiger partial charge in [-0.1, -0.05) is 48.0 Å². The molecular weight excluding hydrogens is 540 g/mol. The van der Waals surface area contributed by atoms with Crippen molar-refractivity contribution in [3.8, 4) is 17.9 Å². The van der Waals surface area contributed by atoms with Crippen LogP contribution in [-0.2, 0) is 11.4 Å². The van der Waals surface area contributed by atoms with Gasteiger partial charge in [0.2, 0.25) is 0 Å². The number of rotatable bonds is 6. The first-order valence-corrected chi connectivity index (χ1v) is 12.5. The van der Waals surface area contributed by atoms with E-state index < -0.39 is 0 Å². The number of hydrogen-bond donors (Lipinski definition) is 0. The zero-order valence-electron chi connectivity index (χ0n) is 19.3. The third kappa shape index (κ3) is 5.88. The summed E-state index contributed by atoms with van der Waals surface area (Å²) in [6, 6.07) is 24.8. The highest BCUT2D eigenvalue weighted by Crippen LogP contribution is 2.36. The number of nitrogens with zero attached hydrogens (tertiary/aromatic N) is 4. The van der Waals surface area contributed by atoms with Gasteiger partial charge in [-0.05, 0) is 57.9 Å². The Hall–Kier alpha value is -3.78. The summed E-state index contributed by atoms with van der Waals surface area (Å²) in [7, 11) is 0. The minimum Gasteiger partial charge on any atom is -0.486 e. The highest BCUT2D eigenvalue weighted by Gasteiger charge is 2.24. The summed E-state index contributed by atoms with van der Waals surface area (Å²) in [6.45, 7) is 2.65. The van der Waals surface area contributed by atoms with Gasteiger partial charge in [-0.3, -0.25) is 4.79 Å².